The third-order valence-corrected chi connectivity index (χ3v) is 3.40. The SMILES string of the molecule is CCC(CC(=O)Nc1ccc(C(=O)O)cc1F)C(C)C. The quantitative estimate of drug-likeness (QED) is 0.838. The van der Waals surface area contributed by atoms with Crippen LogP contribution in [0.2, 0.25) is 0 Å². The van der Waals surface area contributed by atoms with E-state index < -0.39 is 11.8 Å². The summed E-state index contributed by atoms with van der Waals surface area (Å²) in [6.07, 6.45) is 1.21. The molecule has 20 heavy (non-hydrogen) atoms. The Morgan fingerprint density at radius 3 is 2.45 bits per heavy atom. The Labute approximate surface area is 118 Å². The van der Waals surface area contributed by atoms with Crippen LogP contribution in [0.25, 0.3) is 0 Å². The Kier molecular flexibility index (Phi) is 5.67. The first kappa shape index (κ1) is 16.1. The highest BCUT2D eigenvalue weighted by Crippen LogP contribution is 2.21. The molecule has 0 saturated carbocycles. The van der Waals surface area contributed by atoms with Crippen molar-refractivity contribution in [2.24, 2.45) is 11.8 Å². The average Bonchev–Trinajstić information content (AvgIpc) is 2.37. The van der Waals surface area contributed by atoms with E-state index in [1.165, 1.54) is 12.1 Å². The zero-order chi connectivity index (χ0) is 15.3. The number of carbonyl (C=O) groups excluding carboxylic acids is 1. The topological polar surface area (TPSA) is 66.4 Å². The van der Waals surface area contributed by atoms with E-state index >= 15 is 0 Å². The van der Waals surface area contributed by atoms with Crippen LogP contribution in [-0.4, -0.2) is 17.0 Å². The molecule has 4 nitrogen and oxygen atoms in total. The van der Waals surface area contributed by atoms with Crippen LogP contribution in [0.4, 0.5) is 10.1 Å². The fraction of sp³-hybridized carbons (Fsp3) is 0.467. The minimum Gasteiger partial charge on any atom is -0.478 e. The van der Waals surface area contributed by atoms with Crippen LogP contribution in [-0.2, 0) is 4.79 Å². The first-order valence-electron chi connectivity index (χ1n) is 6.67. The molecule has 0 aliphatic rings. The number of anilines is 1. The zero-order valence-corrected chi connectivity index (χ0v) is 11.9. The van der Waals surface area contributed by atoms with E-state index in [1.54, 1.807) is 0 Å². The van der Waals surface area contributed by atoms with Gasteiger partial charge in [-0.05, 0) is 30.0 Å². The average molecular weight is 281 g/mol. The van der Waals surface area contributed by atoms with E-state index in [0.717, 1.165) is 12.5 Å². The van der Waals surface area contributed by atoms with Gasteiger partial charge in [-0.25, -0.2) is 9.18 Å². The summed E-state index contributed by atoms with van der Waals surface area (Å²) in [6.45, 7) is 6.10. The van der Waals surface area contributed by atoms with Crippen LogP contribution >= 0.6 is 0 Å². The molecule has 1 rings (SSSR count). The van der Waals surface area contributed by atoms with Gasteiger partial charge in [0.05, 0.1) is 11.3 Å². The Morgan fingerprint density at radius 1 is 1.35 bits per heavy atom. The molecule has 0 heterocycles. The predicted octanol–water partition coefficient (Wildman–Crippen LogP) is 3.53. The molecule has 110 valence electrons. The number of halogens is 1. The minimum absolute atomic E-state index is 0.0126. The lowest BCUT2D eigenvalue weighted by Crippen LogP contribution is -2.20. The molecule has 0 aliphatic carbocycles. The molecule has 1 unspecified atom stereocenters. The first-order valence-corrected chi connectivity index (χ1v) is 6.67. The normalized spacial score (nSPS) is 12.2. The lowest BCUT2D eigenvalue weighted by molar-refractivity contribution is -0.117. The Morgan fingerprint density at radius 2 is 2.00 bits per heavy atom. The summed E-state index contributed by atoms with van der Waals surface area (Å²) >= 11 is 0. The molecule has 0 radical (unpaired) electrons. The van der Waals surface area contributed by atoms with Crippen LogP contribution in [0.15, 0.2) is 18.2 Å². The molecule has 2 N–H and O–H groups in total. The van der Waals surface area contributed by atoms with Gasteiger partial charge in [0.1, 0.15) is 5.82 Å². The molecule has 0 saturated heterocycles. The molecule has 1 aromatic carbocycles. The van der Waals surface area contributed by atoms with Crippen molar-refractivity contribution < 1.29 is 19.1 Å². The van der Waals surface area contributed by atoms with E-state index in [2.05, 4.69) is 5.32 Å². The van der Waals surface area contributed by atoms with Crippen molar-refractivity contribution in [3.05, 3.63) is 29.6 Å². The molecule has 5 heteroatoms. The molecule has 0 aromatic heterocycles. The highest BCUT2D eigenvalue weighted by molar-refractivity contribution is 5.92. The molecule has 1 atom stereocenters. The number of hydrogen-bond acceptors (Lipinski definition) is 2. The van der Waals surface area contributed by atoms with Crippen LogP contribution in [0.5, 0.6) is 0 Å². The predicted molar refractivity (Wildman–Crippen MR) is 75.2 cm³/mol. The molecule has 0 fully saturated rings. The Balaban J connectivity index is 2.73. The van der Waals surface area contributed by atoms with Crippen LogP contribution in [0.3, 0.4) is 0 Å². The van der Waals surface area contributed by atoms with Gasteiger partial charge in [-0.1, -0.05) is 27.2 Å². The monoisotopic (exact) mass is 281 g/mol. The third-order valence-electron chi connectivity index (χ3n) is 3.40. The van der Waals surface area contributed by atoms with Gasteiger partial charge in [-0.3, -0.25) is 4.79 Å². The summed E-state index contributed by atoms with van der Waals surface area (Å²) in [6, 6.07) is 3.44. The van der Waals surface area contributed by atoms with Gasteiger partial charge in [-0.15, -0.1) is 0 Å². The number of aromatic carboxylic acids is 1. The maximum atomic E-state index is 13.7. The number of carboxylic acids is 1. The minimum atomic E-state index is -1.20. The summed E-state index contributed by atoms with van der Waals surface area (Å²) in [5.74, 6) is -1.57. The summed E-state index contributed by atoms with van der Waals surface area (Å²) in [5.41, 5.74) is -0.132. The highest BCUT2D eigenvalue weighted by Gasteiger charge is 2.17. The van der Waals surface area contributed by atoms with Gasteiger partial charge in [0.15, 0.2) is 0 Å². The van der Waals surface area contributed by atoms with Gasteiger partial charge in [-0.2, -0.15) is 0 Å². The van der Waals surface area contributed by atoms with Gasteiger partial charge in [0, 0.05) is 6.42 Å². The second kappa shape index (κ2) is 7.03. The fourth-order valence-corrected chi connectivity index (χ4v) is 2.04. The smallest absolute Gasteiger partial charge is 0.335 e. The molecular weight excluding hydrogens is 261 g/mol. The highest BCUT2D eigenvalue weighted by atomic mass is 19.1. The summed E-state index contributed by atoms with van der Waals surface area (Å²) in [4.78, 5) is 22.6. The van der Waals surface area contributed by atoms with Crippen molar-refractivity contribution >= 4 is 17.6 Å². The number of benzene rings is 1. The van der Waals surface area contributed by atoms with E-state index in [0.29, 0.717) is 12.3 Å². The second-order valence-electron chi connectivity index (χ2n) is 5.16. The number of amides is 1. The number of carbonyl (C=O) groups is 2. The molecular formula is C15H20FNO3. The molecule has 0 bridgehead atoms. The molecule has 1 amide bonds. The van der Waals surface area contributed by atoms with E-state index in [1.807, 2.05) is 20.8 Å². The third kappa shape index (κ3) is 4.33. The van der Waals surface area contributed by atoms with Gasteiger partial charge < -0.3 is 10.4 Å². The van der Waals surface area contributed by atoms with Gasteiger partial charge in [0.25, 0.3) is 0 Å². The van der Waals surface area contributed by atoms with Crippen molar-refractivity contribution in [1.29, 1.82) is 0 Å². The largest absolute Gasteiger partial charge is 0.478 e. The second-order valence-corrected chi connectivity index (χ2v) is 5.16. The number of carboxylic acid groups (broad SMARTS) is 1. The van der Waals surface area contributed by atoms with Crippen LogP contribution < -0.4 is 5.32 Å². The lowest BCUT2D eigenvalue weighted by atomic mass is 9.90. The summed E-state index contributed by atoms with van der Waals surface area (Å²) < 4.78 is 13.7. The standard InChI is InChI=1S/C15H20FNO3/c1-4-10(9(2)3)8-14(18)17-13-6-5-11(15(19)20)7-12(13)16/h5-7,9-10H,4,8H2,1-3H3,(H,17,18)(H,19,20). The molecule has 0 aliphatic heterocycles. The van der Waals surface area contributed by atoms with Gasteiger partial charge in [0.2, 0.25) is 5.91 Å². The van der Waals surface area contributed by atoms with Crippen molar-refractivity contribution in [3.63, 3.8) is 0 Å². The summed E-state index contributed by atoms with van der Waals surface area (Å²) in [7, 11) is 0. The fourth-order valence-electron chi connectivity index (χ4n) is 2.04. The first-order chi connectivity index (χ1) is 9.35. The Bertz CT molecular complexity index is 500. The van der Waals surface area contributed by atoms with Gasteiger partial charge >= 0.3 is 5.97 Å². The number of hydrogen-bond donors (Lipinski definition) is 2. The van der Waals surface area contributed by atoms with Crippen LogP contribution in [0, 0.1) is 17.7 Å². The van der Waals surface area contributed by atoms with E-state index in [9.17, 15) is 14.0 Å². The van der Waals surface area contributed by atoms with Crippen molar-refractivity contribution in [1.82, 2.24) is 0 Å². The van der Waals surface area contributed by atoms with Crippen molar-refractivity contribution in [3.8, 4) is 0 Å². The molecule has 1 aromatic rings. The van der Waals surface area contributed by atoms with Crippen molar-refractivity contribution in [2.75, 3.05) is 5.32 Å². The zero-order valence-electron chi connectivity index (χ0n) is 11.9. The lowest BCUT2D eigenvalue weighted by Gasteiger charge is -2.18. The van der Waals surface area contributed by atoms with E-state index in [-0.39, 0.29) is 23.1 Å². The van der Waals surface area contributed by atoms with E-state index in [4.69, 9.17) is 5.11 Å². The number of nitrogens with one attached hydrogen (secondary N) is 1. The molecule has 0 spiro atoms. The number of rotatable bonds is 6. The Hall–Kier alpha value is -1.91. The summed E-state index contributed by atoms with van der Waals surface area (Å²) in [5, 5.41) is 11.2. The maximum absolute atomic E-state index is 13.7. The van der Waals surface area contributed by atoms with Crippen LogP contribution in [0.1, 0.15) is 44.0 Å². The van der Waals surface area contributed by atoms with Crippen molar-refractivity contribution in [2.45, 2.75) is 33.6 Å². The maximum Gasteiger partial charge on any atom is 0.335 e.